The maximum atomic E-state index is 8.39. The summed E-state index contributed by atoms with van der Waals surface area (Å²) in [6, 6.07) is 0. The Labute approximate surface area is 78.0 Å². The molecule has 0 amide bonds. The second kappa shape index (κ2) is 6.99. The second-order valence-electron chi connectivity index (χ2n) is 2.74. The quantitative estimate of drug-likeness (QED) is 0.537. The maximum absolute atomic E-state index is 8.39. The van der Waals surface area contributed by atoms with E-state index in [1.165, 1.54) is 0 Å². The van der Waals surface area contributed by atoms with Gasteiger partial charge >= 0.3 is 0 Å². The van der Waals surface area contributed by atoms with E-state index in [1.807, 2.05) is 0 Å². The number of likely N-dealkylation sites (N-methyl/N-ethyl adjacent to an activating group) is 1. The molecule has 0 aromatic carbocycles. The topological polar surface area (TPSA) is 20.2 Å². The molecule has 0 bridgehead atoms. The lowest BCUT2D eigenvalue weighted by Crippen LogP contribution is -3.00. The molecule has 0 spiro atoms. The molecule has 0 atom stereocenters. The molecule has 0 rings (SSSR count). The number of quaternary nitrogens is 1. The summed E-state index contributed by atoms with van der Waals surface area (Å²) in [7, 11) is 6.16. The van der Waals surface area contributed by atoms with E-state index >= 15 is 0 Å². The summed E-state index contributed by atoms with van der Waals surface area (Å²) in [5, 5.41) is 8.39. The van der Waals surface area contributed by atoms with Crippen LogP contribution in [0, 0.1) is 0 Å². The molecular weight excluding hydrogens is 250 g/mol. The molecule has 0 heterocycles. The van der Waals surface area contributed by atoms with Gasteiger partial charge in [0.1, 0.15) is 6.54 Å². The number of aliphatic hydroxyl groups excluding tert-OH is 1. The molecule has 0 radical (unpaired) electrons. The Balaban J connectivity index is -0.000000180. The van der Waals surface area contributed by atoms with Gasteiger partial charge in [0.05, 0.1) is 27.7 Å². The Morgan fingerprint density at radius 2 is 1.56 bits per heavy atom. The first-order chi connectivity index (χ1) is 3.06. The normalized spacial score (nSPS) is 9.33. The SMILES string of the molecule is Br.C[N+](C)(C)CCO.[Br-]. The van der Waals surface area contributed by atoms with Crippen LogP contribution in [0.3, 0.4) is 0 Å². The van der Waals surface area contributed by atoms with E-state index < -0.39 is 0 Å². The predicted molar refractivity (Wildman–Crippen MR) is 40.3 cm³/mol. The largest absolute Gasteiger partial charge is 1.00 e. The number of halogens is 2. The maximum Gasteiger partial charge on any atom is 0.101 e. The third kappa shape index (κ3) is 17.7. The molecule has 0 fully saturated rings. The zero-order valence-corrected chi connectivity index (χ0v) is 9.39. The third-order valence-corrected chi connectivity index (χ3v) is 0.771. The minimum atomic E-state index is 0. The fourth-order valence-electron chi connectivity index (χ4n) is 0.300. The lowest BCUT2D eigenvalue weighted by Gasteiger charge is -2.21. The van der Waals surface area contributed by atoms with Gasteiger partial charge in [0.2, 0.25) is 0 Å². The summed E-state index contributed by atoms with van der Waals surface area (Å²) < 4.78 is 0.844. The highest BCUT2D eigenvalue weighted by atomic mass is 79.9. The minimum Gasteiger partial charge on any atom is -1.00 e. The van der Waals surface area contributed by atoms with Gasteiger partial charge in [-0.1, -0.05) is 0 Å². The van der Waals surface area contributed by atoms with Crippen molar-refractivity contribution in [2.45, 2.75) is 0 Å². The Morgan fingerprint density at radius 3 is 1.56 bits per heavy atom. The van der Waals surface area contributed by atoms with Crippen molar-refractivity contribution in [1.29, 1.82) is 0 Å². The van der Waals surface area contributed by atoms with Gasteiger partial charge in [-0.2, -0.15) is 0 Å². The van der Waals surface area contributed by atoms with Crippen LogP contribution in [0.2, 0.25) is 0 Å². The Bertz CT molecular complexity index is 53.4. The first-order valence-corrected chi connectivity index (χ1v) is 2.47. The molecule has 0 saturated heterocycles. The monoisotopic (exact) mass is 263 g/mol. The molecular formula is C5H15Br2NO. The van der Waals surface area contributed by atoms with Crippen molar-refractivity contribution in [3.05, 3.63) is 0 Å². The molecule has 1 N–H and O–H groups in total. The van der Waals surface area contributed by atoms with Crippen LogP contribution in [-0.2, 0) is 0 Å². The van der Waals surface area contributed by atoms with Crippen LogP contribution in [0.5, 0.6) is 0 Å². The van der Waals surface area contributed by atoms with Crippen molar-refractivity contribution in [3.8, 4) is 0 Å². The molecule has 60 valence electrons. The first kappa shape index (κ1) is 16.5. The molecule has 2 nitrogen and oxygen atoms in total. The summed E-state index contributed by atoms with van der Waals surface area (Å²) in [5.74, 6) is 0. The summed E-state index contributed by atoms with van der Waals surface area (Å²) in [4.78, 5) is 0. The van der Waals surface area contributed by atoms with Gasteiger partial charge in [0, 0.05) is 0 Å². The molecule has 0 saturated carbocycles. The van der Waals surface area contributed by atoms with Crippen molar-refractivity contribution < 1.29 is 26.6 Å². The van der Waals surface area contributed by atoms with Crippen LogP contribution in [0.15, 0.2) is 0 Å². The van der Waals surface area contributed by atoms with Crippen LogP contribution in [0.25, 0.3) is 0 Å². The van der Waals surface area contributed by atoms with Gasteiger partial charge in [0.25, 0.3) is 0 Å². The number of hydrogen-bond donors (Lipinski definition) is 1. The van der Waals surface area contributed by atoms with Crippen LogP contribution < -0.4 is 17.0 Å². The molecule has 4 heteroatoms. The standard InChI is InChI=1S/C5H14NO.2BrH/c1-6(2,3)4-5-7;;/h7H,4-5H2,1-3H3;2*1H/q+1;;/p-1. The molecule has 0 aliphatic carbocycles. The smallest absolute Gasteiger partial charge is 0.101 e. The summed E-state index contributed by atoms with van der Waals surface area (Å²) >= 11 is 0. The Kier molecular flexibility index (Phi) is 12.8. The van der Waals surface area contributed by atoms with E-state index in [4.69, 9.17) is 5.11 Å². The molecule has 0 unspecified atom stereocenters. The predicted octanol–water partition coefficient (Wildman–Crippen LogP) is -2.73. The zero-order chi connectivity index (χ0) is 5.91. The molecule has 0 aromatic rings. The van der Waals surface area contributed by atoms with E-state index in [0.29, 0.717) is 0 Å². The Morgan fingerprint density at radius 1 is 1.22 bits per heavy atom. The highest BCUT2D eigenvalue weighted by Crippen LogP contribution is 1.84. The highest BCUT2D eigenvalue weighted by molar-refractivity contribution is 8.93. The number of aliphatic hydroxyl groups is 1. The zero-order valence-electron chi connectivity index (χ0n) is 6.09. The lowest BCUT2D eigenvalue weighted by atomic mass is 10.5. The van der Waals surface area contributed by atoms with Crippen LogP contribution in [0.1, 0.15) is 0 Å². The lowest BCUT2D eigenvalue weighted by molar-refractivity contribution is -0.870. The number of hydrogen-bond acceptors (Lipinski definition) is 1. The Hall–Kier alpha value is 0.880. The average molecular weight is 265 g/mol. The van der Waals surface area contributed by atoms with E-state index in [9.17, 15) is 0 Å². The fourth-order valence-corrected chi connectivity index (χ4v) is 0.300. The number of nitrogens with zero attached hydrogens (tertiary/aromatic N) is 1. The summed E-state index contributed by atoms with van der Waals surface area (Å²) in [6.45, 7) is 1.11. The average Bonchev–Trinajstić information content (AvgIpc) is 1.30. The summed E-state index contributed by atoms with van der Waals surface area (Å²) in [5.41, 5.74) is 0. The molecule has 0 aliphatic rings. The van der Waals surface area contributed by atoms with Gasteiger partial charge in [-0.05, 0) is 0 Å². The highest BCUT2D eigenvalue weighted by Gasteiger charge is 2.02. The van der Waals surface area contributed by atoms with Gasteiger partial charge in [-0.3, -0.25) is 0 Å². The molecule has 0 aromatic heterocycles. The minimum absolute atomic E-state index is 0. The van der Waals surface area contributed by atoms with Gasteiger partial charge < -0.3 is 26.6 Å². The number of rotatable bonds is 2. The van der Waals surface area contributed by atoms with Crippen molar-refractivity contribution in [2.75, 3.05) is 34.3 Å². The van der Waals surface area contributed by atoms with Gasteiger partial charge in [0.15, 0.2) is 0 Å². The van der Waals surface area contributed by atoms with Crippen LogP contribution in [0.4, 0.5) is 0 Å². The summed E-state index contributed by atoms with van der Waals surface area (Å²) in [6.07, 6.45) is 0. The fraction of sp³-hybridized carbons (Fsp3) is 1.00. The molecule has 0 aliphatic heterocycles. The van der Waals surface area contributed by atoms with Gasteiger partial charge in [-0.25, -0.2) is 0 Å². The first-order valence-electron chi connectivity index (χ1n) is 2.47. The molecule has 9 heavy (non-hydrogen) atoms. The van der Waals surface area contributed by atoms with Crippen LogP contribution in [-0.4, -0.2) is 43.9 Å². The van der Waals surface area contributed by atoms with E-state index in [0.717, 1.165) is 11.0 Å². The van der Waals surface area contributed by atoms with Crippen molar-refractivity contribution in [1.82, 2.24) is 0 Å². The van der Waals surface area contributed by atoms with Crippen LogP contribution >= 0.6 is 17.0 Å². The van der Waals surface area contributed by atoms with E-state index in [1.54, 1.807) is 0 Å². The van der Waals surface area contributed by atoms with Crippen molar-refractivity contribution in [3.63, 3.8) is 0 Å². The van der Waals surface area contributed by atoms with Crippen molar-refractivity contribution in [2.24, 2.45) is 0 Å². The van der Waals surface area contributed by atoms with Crippen molar-refractivity contribution >= 4 is 17.0 Å². The van der Waals surface area contributed by atoms with E-state index in [-0.39, 0.29) is 40.6 Å². The van der Waals surface area contributed by atoms with E-state index in [2.05, 4.69) is 21.1 Å². The van der Waals surface area contributed by atoms with Gasteiger partial charge in [-0.15, -0.1) is 17.0 Å². The second-order valence-corrected chi connectivity index (χ2v) is 2.74. The third-order valence-electron chi connectivity index (χ3n) is 0.771.